The molecule has 5 heteroatoms. The number of hydrogen-bond acceptors (Lipinski definition) is 5. The maximum Gasteiger partial charge on any atom is 0.115 e. The molecule has 5 nitrogen and oxygen atoms in total. The lowest BCUT2D eigenvalue weighted by molar-refractivity contribution is -0.124. The minimum absolute atomic E-state index is 0.0356. The Hall–Kier alpha value is -2.54. The van der Waals surface area contributed by atoms with Crippen LogP contribution in [0.4, 0.5) is 0 Å². The van der Waals surface area contributed by atoms with E-state index in [0.717, 1.165) is 16.7 Å². The van der Waals surface area contributed by atoms with Crippen molar-refractivity contribution in [2.45, 2.75) is 44.2 Å². The molecule has 0 unspecified atom stereocenters. The van der Waals surface area contributed by atoms with Crippen LogP contribution in [0.2, 0.25) is 0 Å². The van der Waals surface area contributed by atoms with Crippen molar-refractivity contribution in [1.82, 2.24) is 0 Å². The fraction of sp³-hybridized carbons (Fsp3) is 0.333. The molecule has 1 saturated heterocycles. The maximum absolute atomic E-state index is 9.57. The molecule has 4 rings (SSSR count). The first kappa shape index (κ1) is 22.6. The molecule has 0 bridgehead atoms. The Kier molecular flexibility index (Phi) is 8.42. The third kappa shape index (κ3) is 6.73. The first-order chi connectivity index (χ1) is 15.8. The van der Waals surface area contributed by atoms with Crippen LogP contribution in [0.15, 0.2) is 91.0 Å². The number of aliphatic hydroxyl groups excluding tert-OH is 1. The summed E-state index contributed by atoms with van der Waals surface area (Å²) in [5.74, 6) is 0. The van der Waals surface area contributed by atoms with Gasteiger partial charge in [0.1, 0.15) is 24.4 Å². The Balaban J connectivity index is 1.43. The molecule has 0 spiro atoms. The van der Waals surface area contributed by atoms with Crippen molar-refractivity contribution in [3.05, 3.63) is 108 Å². The van der Waals surface area contributed by atoms with E-state index in [4.69, 9.17) is 18.9 Å². The van der Waals surface area contributed by atoms with Gasteiger partial charge in [-0.3, -0.25) is 0 Å². The minimum atomic E-state index is -0.355. The Morgan fingerprint density at radius 3 is 1.69 bits per heavy atom. The predicted octanol–water partition coefficient (Wildman–Crippen LogP) is 4.13. The predicted molar refractivity (Wildman–Crippen MR) is 122 cm³/mol. The summed E-state index contributed by atoms with van der Waals surface area (Å²) in [7, 11) is 0. The summed E-state index contributed by atoms with van der Waals surface area (Å²) in [5, 5.41) is 9.57. The molecule has 4 atom stereocenters. The number of aliphatic hydroxyl groups is 1. The highest BCUT2D eigenvalue weighted by Gasteiger charge is 2.48. The molecule has 1 fully saturated rings. The zero-order valence-electron chi connectivity index (χ0n) is 18.1. The molecule has 168 valence electrons. The molecular weight excluding hydrogens is 404 g/mol. The molecule has 3 aromatic rings. The fourth-order valence-corrected chi connectivity index (χ4v) is 3.66. The second-order valence-electron chi connectivity index (χ2n) is 7.92. The molecule has 0 radical (unpaired) electrons. The van der Waals surface area contributed by atoms with Crippen molar-refractivity contribution in [2.24, 2.45) is 0 Å². The van der Waals surface area contributed by atoms with Gasteiger partial charge in [0, 0.05) is 0 Å². The van der Waals surface area contributed by atoms with Gasteiger partial charge in [0.25, 0.3) is 0 Å². The van der Waals surface area contributed by atoms with Crippen molar-refractivity contribution < 1.29 is 24.1 Å². The van der Waals surface area contributed by atoms with Crippen LogP contribution in [0.5, 0.6) is 0 Å². The molecule has 0 saturated carbocycles. The Morgan fingerprint density at radius 2 is 1.19 bits per heavy atom. The van der Waals surface area contributed by atoms with E-state index in [0.29, 0.717) is 26.4 Å². The number of epoxide rings is 1. The van der Waals surface area contributed by atoms with Gasteiger partial charge in [-0.25, -0.2) is 0 Å². The zero-order chi connectivity index (χ0) is 22.0. The largest absolute Gasteiger partial charge is 0.394 e. The van der Waals surface area contributed by atoms with E-state index < -0.39 is 0 Å². The van der Waals surface area contributed by atoms with Crippen molar-refractivity contribution >= 4 is 0 Å². The van der Waals surface area contributed by atoms with Gasteiger partial charge in [-0.2, -0.15) is 0 Å². The van der Waals surface area contributed by atoms with Gasteiger partial charge in [0.2, 0.25) is 0 Å². The molecular formula is C27H30O5. The summed E-state index contributed by atoms with van der Waals surface area (Å²) in [6.07, 6.45) is -1.14. The van der Waals surface area contributed by atoms with Crippen molar-refractivity contribution in [3.63, 3.8) is 0 Å². The molecule has 1 heterocycles. The number of benzene rings is 3. The standard InChI is InChI=1S/C27H30O5/c28-16-24-27(32-24)26(31-19-23-14-8-3-9-15-23)25(30-18-22-12-6-2-7-13-22)20-29-17-21-10-4-1-5-11-21/h1-15,24-28H,16-20H2/t24-,25-,26+,27+/m1/s1. The van der Waals surface area contributed by atoms with Gasteiger partial charge in [-0.05, 0) is 16.7 Å². The second-order valence-corrected chi connectivity index (χ2v) is 7.92. The van der Waals surface area contributed by atoms with Crippen LogP contribution in [0.3, 0.4) is 0 Å². The van der Waals surface area contributed by atoms with Crippen LogP contribution >= 0.6 is 0 Å². The SMILES string of the molecule is OC[C@H]1O[C@@H]1[C@@H](OCc1ccccc1)[C@@H](COCc1ccccc1)OCc1ccccc1. The Labute approximate surface area is 189 Å². The van der Waals surface area contributed by atoms with Crippen molar-refractivity contribution in [3.8, 4) is 0 Å². The highest BCUT2D eigenvalue weighted by Crippen LogP contribution is 2.31. The lowest BCUT2D eigenvalue weighted by atomic mass is 10.1. The molecule has 1 aliphatic heterocycles. The lowest BCUT2D eigenvalue weighted by Gasteiger charge is -2.27. The maximum atomic E-state index is 9.57. The van der Waals surface area contributed by atoms with Crippen LogP contribution in [0.1, 0.15) is 16.7 Å². The highest BCUT2D eigenvalue weighted by molar-refractivity contribution is 5.15. The summed E-state index contributed by atoms with van der Waals surface area (Å²) in [5.41, 5.74) is 3.26. The van der Waals surface area contributed by atoms with Gasteiger partial charge < -0.3 is 24.1 Å². The van der Waals surface area contributed by atoms with E-state index in [1.54, 1.807) is 0 Å². The number of rotatable bonds is 13. The Bertz CT molecular complexity index is 903. The van der Waals surface area contributed by atoms with Gasteiger partial charge in [0.05, 0.1) is 33.0 Å². The van der Waals surface area contributed by atoms with Crippen LogP contribution in [-0.2, 0) is 38.8 Å². The van der Waals surface area contributed by atoms with E-state index in [2.05, 4.69) is 0 Å². The van der Waals surface area contributed by atoms with Gasteiger partial charge >= 0.3 is 0 Å². The van der Waals surface area contributed by atoms with E-state index in [1.165, 1.54) is 0 Å². The van der Waals surface area contributed by atoms with E-state index in [-0.39, 0.29) is 31.0 Å². The molecule has 0 aliphatic carbocycles. The average molecular weight is 435 g/mol. The molecule has 0 amide bonds. The van der Waals surface area contributed by atoms with Crippen LogP contribution in [-0.4, -0.2) is 42.7 Å². The highest BCUT2D eigenvalue weighted by atomic mass is 16.6. The summed E-state index contributed by atoms with van der Waals surface area (Å²) in [4.78, 5) is 0. The molecule has 32 heavy (non-hydrogen) atoms. The smallest absolute Gasteiger partial charge is 0.115 e. The molecule has 0 aromatic heterocycles. The second kappa shape index (κ2) is 11.9. The third-order valence-corrected chi connectivity index (χ3v) is 5.48. The van der Waals surface area contributed by atoms with Crippen LogP contribution < -0.4 is 0 Å². The first-order valence-corrected chi connectivity index (χ1v) is 11.0. The lowest BCUT2D eigenvalue weighted by Crippen LogP contribution is -2.40. The third-order valence-electron chi connectivity index (χ3n) is 5.48. The molecule has 1 aliphatic rings. The van der Waals surface area contributed by atoms with Crippen LogP contribution in [0, 0.1) is 0 Å². The zero-order valence-corrected chi connectivity index (χ0v) is 18.1. The summed E-state index contributed by atoms with van der Waals surface area (Å²) in [6.45, 7) is 1.70. The number of ether oxygens (including phenoxy) is 4. The van der Waals surface area contributed by atoms with Crippen molar-refractivity contribution in [2.75, 3.05) is 13.2 Å². The van der Waals surface area contributed by atoms with Crippen LogP contribution in [0.25, 0.3) is 0 Å². The van der Waals surface area contributed by atoms with E-state index >= 15 is 0 Å². The van der Waals surface area contributed by atoms with Gasteiger partial charge in [-0.1, -0.05) is 91.0 Å². The topological polar surface area (TPSA) is 60.5 Å². The van der Waals surface area contributed by atoms with E-state index in [1.807, 2.05) is 91.0 Å². The first-order valence-electron chi connectivity index (χ1n) is 11.0. The fourth-order valence-electron chi connectivity index (χ4n) is 3.66. The summed E-state index contributed by atoms with van der Waals surface area (Å²) < 4.78 is 24.3. The van der Waals surface area contributed by atoms with Gasteiger partial charge in [-0.15, -0.1) is 0 Å². The minimum Gasteiger partial charge on any atom is -0.394 e. The normalized spacial score (nSPS) is 19.4. The molecule has 3 aromatic carbocycles. The quantitative estimate of drug-likeness (QED) is 0.410. The summed E-state index contributed by atoms with van der Waals surface area (Å²) >= 11 is 0. The van der Waals surface area contributed by atoms with E-state index in [9.17, 15) is 5.11 Å². The molecule has 1 N–H and O–H groups in total. The monoisotopic (exact) mass is 434 g/mol. The van der Waals surface area contributed by atoms with Crippen molar-refractivity contribution in [1.29, 1.82) is 0 Å². The Morgan fingerprint density at radius 1 is 0.688 bits per heavy atom. The summed E-state index contributed by atoms with van der Waals surface area (Å²) in [6, 6.07) is 30.1. The van der Waals surface area contributed by atoms with Gasteiger partial charge in [0.15, 0.2) is 0 Å². The average Bonchev–Trinajstić information content (AvgIpc) is 3.64. The number of hydrogen-bond donors (Lipinski definition) is 1.